The van der Waals surface area contributed by atoms with E-state index in [2.05, 4.69) is 20.5 Å². The highest BCUT2D eigenvalue weighted by molar-refractivity contribution is 5.95. The van der Waals surface area contributed by atoms with E-state index in [1.165, 1.54) is 23.8 Å². The molecule has 0 aromatic carbocycles. The van der Waals surface area contributed by atoms with E-state index >= 15 is 0 Å². The molecular weight excluding hydrogens is 599 g/mol. The van der Waals surface area contributed by atoms with Crippen LogP contribution in [0.2, 0.25) is 0 Å². The molecule has 2 fully saturated rings. The molecule has 0 unspecified atom stereocenters. The Morgan fingerprint density at radius 1 is 1.14 bits per heavy atom. The molecule has 0 radical (unpaired) electrons. The van der Waals surface area contributed by atoms with Gasteiger partial charge in [-0.3, -0.25) is 14.3 Å². The lowest BCUT2D eigenvalue weighted by atomic mass is 9.75. The highest BCUT2D eigenvalue weighted by Gasteiger charge is 2.42. The number of imidazole rings is 1. The first-order chi connectivity index (χ1) is 20.6. The summed E-state index contributed by atoms with van der Waals surface area (Å²) in [6, 6.07) is 1.05. The minimum Gasteiger partial charge on any atom is -0.365 e. The van der Waals surface area contributed by atoms with Gasteiger partial charge in [-0.15, -0.1) is 0 Å². The SMILES string of the molecule is Cc1c(C(N)=O)c([C@H](c2cn3ncc([C@H](NC(=O)CCC(F)(F)F)C4CC4)cc3n2)C2CCC(F)(F)CC2)nn1CC(F)F. The number of hydrogen-bond acceptors (Lipinski definition) is 5. The molecular formula is C28H32F7N7O2. The number of carbonyl (C=O) groups is 2. The second-order valence-electron chi connectivity index (χ2n) is 11.7. The lowest BCUT2D eigenvalue weighted by molar-refractivity contribution is -0.144. The van der Waals surface area contributed by atoms with Crippen molar-refractivity contribution in [2.45, 2.75) is 95.3 Å². The Labute approximate surface area is 247 Å². The summed E-state index contributed by atoms with van der Waals surface area (Å²) in [6.45, 7) is 0.637. The zero-order valence-electron chi connectivity index (χ0n) is 23.8. The molecule has 2 atom stereocenters. The maximum absolute atomic E-state index is 14.1. The van der Waals surface area contributed by atoms with Crippen LogP contribution in [0.3, 0.4) is 0 Å². The standard InChI is InChI=1S/C28H32F7N7O2/c1-14-22(26(36)44)25(40-41(14)13-19(29)30)23(15-4-7-27(31,32)8-5-15)18-12-42-20(38-18)10-17(11-37-42)24(16-2-3-16)39-21(43)6-9-28(33,34)35/h10-12,15-16,19,23-24H,2-9,13H2,1H3,(H2,36,44)(H,39,43)/t23-,24+/m0/s1. The van der Waals surface area contributed by atoms with Gasteiger partial charge in [-0.05, 0) is 56.1 Å². The number of hydrogen-bond donors (Lipinski definition) is 2. The van der Waals surface area contributed by atoms with Gasteiger partial charge in [0.25, 0.3) is 12.3 Å². The molecule has 240 valence electrons. The molecule has 16 heteroatoms. The summed E-state index contributed by atoms with van der Waals surface area (Å²) in [5, 5.41) is 11.4. The quantitative estimate of drug-likeness (QED) is 0.272. The van der Waals surface area contributed by atoms with Crippen LogP contribution in [0, 0.1) is 18.8 Å². The molecule has 0 bridgehead atoms. The summed E-state index contributed by atoms with van der Waals surface area (Å²) in [4.78, 5) is 29.5. The highest BCUT2D eigenvalue weighted by Crippen LogP contribution is 2.46. The Morgan fingerprint density at radius 2 is 1.82 bits per heavy atom. The Balaban J connectivity index is 1.52. The van der Waals surface area contributed by atoms with Crippen LogP contribution in [0.15, 0.2) is 18.5 Å². The van der Waals surface area contributed by atoms with Crippen LogP contribution < -0.4 is 11.1 Å². The Bertz CT molecular complexity index is 1520. The fraction of sp³-hybridized carbons (Fsp3) is 0.607. The van der Waals surface area contributed by atoms with Crippen molar-refractivity contribution in [3.63, 3.8) is 0 Å². The molecule has 0 aliphatic heterocycles. The van der Waals surface area contributed by atoms with Crippen LogP contribution >= 0.6 is 0 Å². The number of aromatic nitrogens is 5. The maximum Gasteiger partial charge on any atom is 0.389 e. The second-order valence-corrected chi connectivity index (χ2v) is 11.7. The minimum atomic E-state index is -4.47. The molecule has 2 amide bonds. The molecule has 2 saturated carbocycles. The summed E-state index contributed by atoms with van der Waals surface area (Å²) in [6.07, 6.45) is -5.38. The Kier molecular flexibility index (Phi) is 8.64. The molecule has 5 rings (SSSR count). The van der Waals surface area contributed by atoms with Crippen molar-refractivity contribution in [1.82, 2.24) is 29.7 Å². The molecule has 9 nitrogen and oxygen atoms in total. The summed E-state index contributed by atoms with van der Waals surface area (Å²) in [7, 11) is 0. The molecule has 0 spiro atoms. The number of nitrogens with two attached hydrogens (primary N) is 1. The second kappa shape index (κ2) is 12.0. The number of carbonyl (C=O) groups excluding carboxylic acids is 2. The summed E-state index contributed by atoms with van der Waals surface area (Å²) in [5.74, 6) is -5.82. The minimum absolute atomic E-state index is 0.0140. The average Bonchev–Trinajstić information content (AvgIpc) is 3.60. The molecule has 2 aliphatic rings. The van der Waals surface area contributed by atoms with E-state index < -0.39 is 80.4 Å². The zero-order chi connectivity index (χ0) is 32.0. The molecule has 2 aliphatic carbocycles. The fourth-order valence-corrected chi connectivity index (χ4v) is 6.03. The normalized spacial score (nSPS) is 18.9. The van der Waals surface area contributed by atoms with Crippen molar-refractivity contribution in [2.24, 2.45) is 17.6 Å². The van der Waals surface area contributed by atoms with Crippen LogP contribution in [0.1, 0.15) is 96.3 Å². The Morgan fingerprint density at radius 3 is 2.41 bits per heavy atom. The van der Waals surface area contributed by atoms with Crippen molar-refractivity contribution >= 4 is 17.5 Å². The largest absolute Gasteiger partial charge is 0.389 e. The highest BCUT2D eigenvalue weighted by atomic mass is 19.4. The van der Waals surface area contributed by atoms with E-state index in [0.29, 0.717) is 16.9 Å². The first-order valence-electron chi connectivity index (χ1n) is 14.4. The van der Waals surface area contributed by atoms with Gasteiger partial charge >= 0.3 is 6.18 Å². The summed E-state index contributed by atoms with van der Waals surface area (Å²) in [5.41, 5.74) is 6.91. The van der Waals surface area contributed by atoms with E-state index in [9.17, 15) is 40.3 Å². The summed E-state index contributed by atoms with van der Waals surface area (Å²) < 4.78 is 95.2. The number of amides is 2. The molecule has 0 saturated heterocycles. The number of halogens is 7. The maximum atomic E-state index is 14.1. The summed E-state index contributed by atoms with van der Waals surface area (Å²) >= 11 is 0. The van der Waals surface area contributed by atoms with Crippen molar-refractivity contribution in [1.29, 1.82) is 0 Å². The van der Waals surface area contributed by atoms with E-state index in [4.69, 9.17) is 5.73 Å². The van der Waals surface area contributed by atoms with Gasteiger partial charge in [-0.25, -0.2) is 27.1 Å². The van der Waals surface area contributed by atoms with E-state index in [0.717, 1.165) is 17.5 Å². The van der Waals surface area contributed by atoms with Crippen LogP contribution in [0.5, 0.6) is 0 Å². The lowest BCUT2D eigenvalue weighted by Crippen LogP contribution is -2.30. The van der Waals surface area contributed by atoms with Crippen molar-refractivity contribution < 1.29 is 40.3 Å². The smallest absolute Gasteiger partial charge is 0.365 e. The van der Waals surface area contributed by atoms with E-state index in [-0.39, 0.29) is 35.7 Å². The molecule has 44 heavy (non-hydrogen) atoms. The van der Waals surface area contributed by atoms with Crippen LogP contribution in [0.4, 0.5) is 30.7 Å². The third-order valence-electron chi connectivity index (χ3n) is 8.40. The van der Waals surface area contributed by atoms with Gasteiger partial charge in [0.05, 0.1) is 47.7 Å². The number of primary amides is 1. The monoisotopic (exact) mass is 631 g/mol. The third-order valence-corrected chi connectivity index (χ3v) is 8.40. The molecule has 3 heterocycles. The van der Waals surface area contributed by atoms with Gasteiger partial charge < -0.3 is 11.1 Å². The predicted molar refractivity (Wildman–Crippen MR) is 142 cm³/mol. The van der Waals surface area contributed by atoms with E-state index in [1.807, 2.05) is 0 Å². The number of rotatable bonds is 11. The van der Waals surface area contributed by atoms with Crippen molar-refractivity contribution in [3.05, 3.63) is 46.7 Å². The third kappa shape index (κ3) is 7.15. The van der Waals surface area contributed by atoms with Gasteiger partial charge in [-0.1, -0.05) is 0 Å². The lowest BCUT2D eigenvalue weighted by Gasteiger charge is -2.32. The number of nitrogens with zero attached hydrogens (tertiary/aromatic N) is 5. The number of fused-ring (bicyclic) bond motifs is 1. The molecule has 3 aromatic heterocycles. The van der Waals surface area contributed by atoms with Gasteiger partial charge in [-0.2, -0.15) is 23.4 Å². The van der Waals surface area contributed by atoms with Gasteiger partial charge in [0.15, 0.2) is 5.65 Å². The van der Waals surface area contributed by atoms with Gasteiger partial charge in [0.2, 0.25) is 11.8 Å². The first-order valence-corrected chi connectivity index (χ1v) is 14.4. The van der Waals surface area contributed by atoms with Crippen LogP contribution in [-0.2, 0) is 11.3 Å². The van der Waals surface area contributed by atoms with Crippen LogP contribution in [0.25, 0.3) is 5.65 Å². The number of alkyl halides is 7. The predicted octanol–water partition coefficient (Wildman–Crippen LogP) is 5.47. The zero-order valence-corrected chi connectivity index (χ0v) is 23.8. The molecule has 3 N–H and O–H groups in total. The van der Waals surface area contributed by atoms with E-state index in [1.54, 1.807) is 6.07 Å². The fourth-order valence-electron chi connectivity index (χ4n) is 6.03. The van der Waals surface area contributed by atoms with Crippen LogP contribution in [-0.4, -0.2) is 54.7 Å². The van der Waals surface area contributed by atoms with Gasteiger partial charge in [0.1, 0.15) is 6.54 Å². The van der Waals surface area contributed by atoms with Crippen molar-refractivity contribution in [2.75, 3.05) is 0 Å². The topological polar surface area (TPSA) is 120 Å². The molecule has 3 aromatic rings. The average molecular weight is 632 g/mol. The first kappa shape index (κ1) is 31.7. The van der Waals surface area contributed by atoms with Crippen molar-refractivity contribution in [3.8, 4) is 0 Å². The van der Waals surface area contributed by atoms with Gasteiger partial charge in [0, 0.05) is 25.0 Å². The Hall–Kier alpha value is -3.72. The number of nitrogens with one attached hydrogen (secondary N) is 1.